The Labute approximate surface area is 195 Å². The zero-order chi connectivity index (χ0) is 24.5. The maximum atomic E-state index is 13.9. The van der Waals surface area contributed by atoms with Gasteiger partial charge in [-0.1, -0.05) is 36.4 Å². The highest BCUT2D eigenvalue weighted by Crippen LogP contribution is 2.47. The number of ether oxygens (including phenoxy) is 2. The van der Waals surface area contributed by atoms with E-state index in [2.05, 4.69) is 5.32 Å². The molecular weight excluding hydrogens is 447 g/mol. The Morgan fingerprint density at radius 3 is 2.47 bits per heavy atom. The molecule has 178 valence electrons. The predicted molar refractivity (Wildman–Crippen MR) is 119 cm³/mol. The van der Waals surface area contributed by atoms with Crippen molar-refractivity contribution in [3.8, 4) is 5.75 Å². The van der Waals surface area contributed by atoms with Crippen molar-refractivity contribution in [2.45, 2.75) is 38.5 Å². The van der Waals surface area contributed by atoms with Crippen LogP contribution in [0.4, 0.5) is 13.2 Å². The summed E-state index contributed by atoms with van der Waals surface area (Å²) < 4.78 is 52.4. The Balaban J connectivity index is 1.74. The molecule has 2 atom stereocenters. The van der Waals surface area contributed by atoms with E-state index in [-0.39, 0.29) is 29.9 Å². The molecule has 2 aliphatic rings. The largest absolute Gasteiger partial charge is 0.497 e. The molecule has 1 aliphatic heterocycles. The van der Waals surface area contributed by atoms with E-state index in [1.807, 2.05) is 6.08 Å². The molecular formula is C26H24F3NO4. The summed E-state index contributed by atoms with van der Waals surface area (Å²) in [6, 6.07) is 12.0. The number of Topliss-reactive ketones (excluding diaryl/α,β-unsaturated/α-hetero) is 1. The second-order valence-electron chi connectivity index (χ2n) is 8.29. The lowest BCUT2D eigenvalue weighted by atomic mass is 9.70. The number of carbonyl (C=O) groups excluding carboxylic acids is 2. The van der Waals surface area contributed by atoms with Crippen molar-refractivity contribution in [1.82, 2.24) is 5.32 Å². The molecule has 0 saturated heterocycles. The minimum absolute atomic E-state index is 0.0302. The summed E-state index contributed by atoms with van der Waals surface area (Å²) in [5.74, 6) is -2.35. The molecule has 0 radical (unpaired) electrons. The molecule has 0 saturated carbocycles. The van der Waals surface area contributed by atoms with Crippen molar-refractivity contribution >= 4 is 11.8 Å². The first kappa shape index (κ1) is 23.6. The third-order valence-corrected chi connectivity index (χ3v) is 6.17. The Bertz CT molecular complexity index is 1170. The Hall–Kier alpha value is -3.55. The minimum atomic E-state index is -4.64. The molecule has 4 rings (SSSR count). The number of alkyl halides is 3. The molecule has 2 aromatic carbocycles. The molecule has 0 fully saturated rings. The van der Waals surface area contributed by atoms with Crippen molar-refractivity contribution in [2.75, 3.05) is 7.11 Å². The van der Waals surface area contributed by atoms with Crippen molar-refractivity contribution in [1.29, 1.82) is 0 Å². The second kappa shape index (κ2) is 9.37. The van der Waals surface area contributed by atoms with Crippen LogP contribution in [0.1, 0.15) is 42.4 Å². The first-order valence-corrected chi connectivity index (χ1v) is 10.9. The number of carbonyl (C=O) groups is 2. The Morgan fingerprint density at radius 2 is 1.79 bits per heavy atom. The normalized spacial score (nSPS) is 20.3. The van der Waals surface area contributed by atoms with Crippen LogP contribution < -0.4 is 10.1 Å². The summed E-state index contributed by atoms with van der Waals surface area (Å²) in [5, 5.41) is 3.07. The van der Waals surface area contributed by atoms with Crippen LogP contribution in [0.2, 0.25) is 0 Å². The van der Waals surface area contributed by atoms with Crippen LogP contribution in [0.5, 0.6) is 5.75 Å². The number of hydrogen-bond acceptors (Lipinski definition) is 5. The van der Waals surface area contributed by atoms with Gasteiger partial charge in [0, 0.05) is 23.7 Å². The first-order valence-electron chi connectivity index (χ1n) is 10.9. The van der Waals surface area contributed by atoms with Crippen LogP contribution in [0.3, 0.4) is 0 Å². The minimum Gasteiger partial charge on any atom is -0.497 e. The number of halogens is 3. The summed E-state index contributed by atoms with van der Waals surface area (Å²) in [4.78, 5) is 26.2. The van der Waals surface area contributed by atoms with Crippen LogP contribution in [0.25, 0.3) is 0 Å². The third-order valence-electron chi connectivity index (χ3n) is 6.17. The van der Waals surface area contributed by atoms with Gasteiger partial charge in [0.05, 0.1) is 24.2 Å². The van der Waals surface area contributed by atoms with Crippen molar-refractivity contribution in [3.63, 3.8) is 0 Å². The van der Waals surface area contributed by atoms with Gasteiger partial charge in [-0.15, -0.1) is 0 Å². The molecule has 1 heterocycles. The van der Waals surface area contributed by atoms with E-state index in [4.69, 9.17) is 9.47 Å². The molecule has 0 aromatic heterocycles. The maximum absolute atomic E-state index is 13.9. The zero-order valence-corrected chi connectivity index (χ0v) is 18.7. The van der Waals surface area contributed by atoms with Crippen molar-refractivity contribution in [3.05, 3.63) is 88.3 Å². The van der Waals surface area contributed by atoms with Gasteiger partial charge in [-0.25, -0.2) is 4.79 Å². The third kappa shape index (κ3) is 4.58. The quantitative estimate of drug-likeness (QED) is 0.601. The topological polar surface area (TPSA) is 64.6 Å². The molecule has 1 N–H and O–H groups in total. The molecule has 34 heavy (non-hydrogen) atoms. The van der Waals surface area contributed by atoms with Crippen molar-refractivity contribution < 1.29 is 32.2 Å². The lowest BCUT2D eigenvalue weighted by Crippen LogP contribution is -2.41. The van der Waals surface area contributed by atoms with Gasteiger partial charge in [0.15, 0.2) is 0 Å². The monoisotopic (exact) mass is 471 g/mol. The predicted octanol–water partition coefficient (Wildman–Crippen LogP) is 5.28. The smallest absolute Gasteiger partial charge is 0.416 e. The van der Waals surface area contributed by atoms with Gasteiger partial charge in [-0.05, 0) is 42.7 Å². The lowest BCUT2D eigenvalue weighted by Gasteiger charge is -2.38. The summed E-state index contributed by atoms with van der Waals surface area (Å²) in [6.45, 7) is 1.54. The number of benzene rings is 2. The van der Waals surface area contributed by atoms with E-state index in [9.17, 15) is 22.8 Å². The standard InChI is InChI=1S/C26H24F3NO4/c1-15-22(25(32)34-14-16-10-12-17(33-2)13-11-16)23(24-20(30-15)8-5-9-21(24)31)18-6-3-4-7-19(18)26(27,28)29/h3-4,6-8,10-13,23-24,30H,5,9,14H2,1-2H3. The average molecular weight is 471 g/mol. The highest BCUT2D eigenvalue weighted by Gasteiger charge is 2.46. The van der Waals surface area contributed by atoms with E-state index < -0.39 is 29.5 Å². The summed E-state index contributed by atoms with van der Waals surface area (Å²) in [5.41, 5.74) is 0.646. The van der Waals surface area contributed by atoms with Gasteiger partial charge in [-0.3, -0.25) is 4.79 Å². The Morgan fingerprint density at radius 1 is 1.09 bits per heavy atom. The number of hydrogen-bond donors (Lipinski definition) is 1. The SMILES string of the molecule is COc1ccc(COC(=O)C2=C(C)NC3=CCCC(=O)C3C2c2ccccc2C(F)(F)F)cc1. The van der Waals surface area contributed by atoms with E-state index in [1.165, 1.54) is 25.3 Å². The lowest BCUT2D eigenvalue weighted by molar-refractivity contribution is -0.142. The van der Waals surface area contributed by atoms with Crippen LogP contribution in [-0.2, 0) is 27.1 Å². The number of methoxy groups -OCH3 is 1. The van der Waals surface area contributed by atoms with Crippen molar-refractivity contribution in [2.24, 2.45) is 5.92 Å². The number of fused-ring (bicyclic) bond motifs is 1. The number of ketones is 1. The molecule has 8 heteroatoms. The molecule has 2 unspecified atom stereocenters. The fourth-order valence-corrected chi connectivity index (χ4v) is 4.59. The first-order chi connectivity index (χ1) is 16.2. The number of rotatable bonds is 5. The summed E-state index contributed by atoms with van der Waals surface area (Å²) in [6.07, 6.45) is -2.13. The fourth-order valence-electron chi connectivity index (χ4n) is 4.59. The van der Waals surface area contributed by atoms with Gasteiger partial charge in [-0.2, -0.15) is 13.2 Å². The highest BCUT2D eigenvalue weighted by atomic mass is 19.4. The van der Waals surface area contributed by atoms with E-state index >= 15 is 0 Å². The molecule has 0 bridgehead atoms. The second-order valence-corrected chi connectivity index (χ2v) is 8.29. The maximum Gasteiger partial charge on any atom is 0.416 e. The van der Waals surface area contributed by atoms with E-state index in [0.717, 1.165) is 6.07 Å². The van der Waals surface area contributed by atoms with Gasteiger partial charge in [0.1, 0.15) is 18.1 Å². The van der Waals surface area contributed by atoms with Gasteiger partial charge in [0.2, 0.25) is 0 Å². The van der Waals surface area contributed by atoms with E-state index in [1.54, 1.807) is 31.2 Å². The van der Waals surface area contributed by atoms with Gasteiger partial charge >= 0.3 is 12.1 Å². The molecule has 5 nitrogen and oxygen atoms in total. The number of allylic oxidation sites excluding steroid dienone is 3. The van der Waals surface area contributed by atoms with Crippen LogP contribution in [0, 0.1) is 5.92 Å². The van der Waals surface area contributed by atoms with E-state index in [0.29, 0.717) is 29.1 Å². The fraction of sp³-hybridized carbons (Fsp3) is 0.308. The molecule has 1 aliphatic carbocycles. The highest BCUT2D eigenvalue weighted by molar-refractivity contribution is 5.96. The van der Waals surface area contributed by atoms with Crippen LogP contribution in [-0.4, -0.2) is 18.9 Å². The van der Waals surface area contributed by atoms with Crippen LogP contribution >= 0.6 is 0 Å². The number of esters is 1. The molecule has 0 amide bonds. The zero-order valence-electron chi connectivity index (χ0n) is 18.7. The molecule has 0 spiro atoms. The molecule has 2 aromatic rings. The number of nitrogens with one attached hydrogen (secondary N) is 1. The van der Waals surface area contributed by atoms with Gasteiger partial charge < -0.3 is 14.8 Å². The summed E-state index contributed by atoms with van der Waals surface area (Å²) >= 11 is 0. The summed E-state index contributed by atoms with van der Waals surface area (Å²) in [7, 11) is 1.54. The van der Waals surface area contributed by atoms with Gasteiger partial charge in [0.25, 0.3) is 0 Å². The van der Waals surface area contributed by atoms with Crippen LogP contribution in [0.15, 0.2) is 71.6 Å². The average Bonchev–Trinajstić information content (AvgIpc) is 2.81. The Kier molecular flexibility index (Phi) is 6.50.